The van der Waals surface area contributed by atoms with Crippen LogP contribution in [0.2, 0.25) is 0 Å². The van der Waals surface area contributed by atoms with Crippen LogP contribution in [-0.4, -0.2) is 71.3 Å². The number of aryl methyl sites for hydroxylation is 1. The lowest BCUT2D eigenvalue weighted by atomic mass is 9.97. The van der Waals surface area contributed by atoms with Gasteiger partial charge in [-0.25, -0.2) is 0 Å². The van der Waals surface area contributed by atoms with Gasteiger partial charge in [0.2, 0.25) is 0 Å². The lowest BCUT2D eigenvalue weighted by Crippen LogP contribution is -2.59. The standard InChI is InChI=1S/C18H22N4O3/c1-12-19-17(25-20-12)13-5-3-4-6-14(13)18(23)22-8-7-16-15(11-22)21(2)9-10-24-16/h3-6,15-16H,7-11H2,1-2H3/t15-,16-/m0/s1. The van der Waals surface area contributed by atoms with E-state index in [-0.39, 0.29) is 18.1 Å². The van der Waals surface area contributed by atoms with Crippen molar-refractivity contribution in [3.8, 4) is 11.5 Å². The molecule has 1 amide bonds. The molecule has 7 heteroatoms. The first kappa shape index (κ1) is 16.2. The third kappa shape index (κ3) is 3.05. The van der Waals surface area contributed by atoms with E-state index in [2.05, 4.69) is 22.1 Å². The highest BCUT2D eigenvalue weighted by Gasteiger charge is 2.37. The molecule has 0 unspecified atom stereocenters. The molecule has 3 heterocycles. The number of carbonyl (C=O) groups is 1. The molecule has 2 fully saturated rings. The Hall–Kier alpha value is -2.25. The highest BCUT2D eigenvalue weighted by molar-refractivity contribution is 6.00. The molecule has 2 atom stereocenters. The third-order valence-corrected chi connectivity index (χ3v) is 5.06. The van der Waals surface area contributed by atoms with Crippen molar-refractivity contribution in [2.75, 3.05) is 33.3 Å². The Balaban J connectivity index is 1.59. The molecule has 2 saturated heterocycles. The van der Waals surface area contributed by atoms with Crippen LogP contribution in [-0.2, 0) is 4.74 Å². The molecular weight excluding hydrogens is 320 g/mol. The largest absolute Gasteiger partial charge is 0.375 e. The van der Waals surface area contributed by atoms with Gasteiger partial charge < -0.3 is 14.2 Å². The Bertz CT molecular complexity index is 775. The van der Waals surface area contributed by atoms with Gasteiger partial charge in [0.05, 0.1) is 29.9 Å². The lowest BCUT2D eigenvalue weighted by molar-refractivity contribution is -0.0893. The molecule has 7 nitrogen and oxygen atoms in total. The summed E-state index contributed by atoms with van der Waals surface area (Å²) in [5.74, 6) is 0.942. The SMILES string of the molecule is Cc1noc(-c2ccccc2C(=O)N2CC[C@@H]3OCCN(C)[C@H]3C2)n1. The molecule has 0 radical (unpaired) electrons. The summed E-state index contributed by atoms with van der Waals surface area (Å²) in [6, 6.07) is 7.67. The molecule has 4 rings (SSSR count). The normalized spacial score (nSPS) is 24.2. The Morgan fingerprint density at radius 1 is 1.28 bits per heavy atom. The maximum atomic E-state index is 13.2. The molecule has 1 aromatic heterocycles. The summed E-state index contributed by atoms with van der Waals surface area (Å²) >= 11 is 0. The maximum absolute atomic E-state index is 13.2. The molecule has 2 aliphatic heterocycles. The first-order valence-electron chi connectivity index (χ1n) is 8.64. The fraction of sp³-hybridized carbons (Fsp3) is 0.500. The molecule has 0 aliphatic carbocycles. The van der Waals surface area contributed by atoms with Crippen LogP contribution in [0.5, 0.6) is 0 Å². The summed E-state index contributed by atoms with van der Waals surface area (Å²) in [5.41, 5.74) is 1.28. The second-order valence-electron chi connectivity index (χ2n) is 6.69. The van der Waals surface area contributed by atoms with E-state index in [1.165, 1.54) is 0 Å². The number of fused-ring (bicyclic) bond motifs is 1. The summed E-state index contributed by atoms with van der Waals surface area (Å²) in [6.07, 6.45) is 1.08. The van der Waals surface area contributed by atoms with Gasteiger partial charge in [0.15, 0.2) is 5.82 Å². The summed E-state index contributed by atoms with van der Waals surface area (Å²) < 4.78 is 11.1. The third-order valence-electron chi connectivity index (χ3n) is 5.06. The first-order valence-corrected chi connectivity index (χ1v) is 8.64. The maximum Gasteiger partial charge on any atom is 0.258 e. The van der Waals surface area contributed by atoms with Crippen molar-refractivity contribution in [2.45, 2.75) is 25.5 Å². The number of piperidine rings is 1. The van der Waals surface area contributed by atoms with E-state index in [9.17, 15) is 4.79 Å². The van der Waals surface area contributed by atoms with Crippen LogP contribution < -0.4 is 0 Å². The van der Waals surface area contributed by atoms with E-state index in [0.717, 1.165) is 19.6 Å². The second kappa shape index (κ2) is 6.57. The van der Waals surface area contributed by atoms with Crippen LogP contribution in [0.25, 0.3) is 11.5 Å². The quantitative estimate of drug-likeness (QED) is 0.825. The van der Waals surface area contributed by atoms with Gasteiger partial charge >= 0.3 is 0 Å². The number of hydrogen-bond donors (Lipinski definition) is 0. The van der Waals surface area contributed by atoms with E-state index in [1.54, 1.807) is 6.92 Å². The van der Waals surface area contributed by atoms with Crippen molar-refractivity contribution in [1.29, 1.82) is 0 Å². The molecular formula is C18H22N4O3. The molecule has 0 N–H and O–H groups in total. The number of ether oxygens (including phenoxy) is 1. The number of hydrogen-bond acceptors (Lipinski definition) is 6. The fourth-order valence-corrected chi connectivity index (χ4v) is 3.66. The van der Waals surface area contributed by atoms with Gasteiger partial charge in [0, 0.05) is 19.6 Å². The van der Waals surface area contributed by atoms with Crippen molar-refractivity contribution in [1.82, 2.24) is 19.9 Å². The minimum Gasteiger partial charge on any atom is -0.375 e. The zero-order valence-electron chi connectivity index (χ0n) is 14.5. The van der Waals surface area contributed by atoms with Gasteiger partial charge in [0.1, 0.15) is 0 Å². The number of morpholine rings is 1. The number of benzene rings is 1. The number of likely N-dealkylation sites (N-methyl/N-ethyl adjacent to an activating group) is 1. The van der Waals surface area contributed by atoms with E-state index in [4.69, 9.17) is 9.26 Å². The first-order chi connectivity index (χ1) is 12.1. The average molecular weight is 342 g/mol. The summed E-state index contributed by atoms with van der Waals surface area (Å²) in [5, 5.41) is 3.84. The van der Waals surface area contributed by atoms with Crippen molar-refractivity contribution >= 4 is 5.91 Å². The zero-order valence-corrected chi connectivity index (χ0v) is 14.5. The molecule has 0 saturated carbocycles. The number of amides is 1. The van der Waals surface area contributed by atoms with Crippen LogP contribution in [0, 0.1) is 6.92 Å². The smallest absolute Gasteiger partial charge is 0.258 e. The van der Waals surface area contributed by atoms with Crippen LogP contribution in [0.1, 0.15) is 22.6 Å². The van der Waals surface area contributed by atoms with Crippen LogP contribution in [0.3, 0.4) is 0 Å². The van der Waals surface area contributed by atoms with Gasteiger partial charge in [-0.2, -0.15) is 4.98 Å². The Morgan fingerprint density at radius 2 is 2.12 bits per heavy atom. The average Bonchev–Trinajstić information content (AvgIpc) is 3.07. The minimum atomic E-state index is 0.00359. The lowest BCUT2D eigenvalue weighted by Gasteiger charge is -2.45. The van der Waals surface area contributed by atoms with Gasteiger partial charge in [-0.3, -0.25) is 9.69 Å². The molecule has 0 bridgehead atoms. The van der Waals surface area contributed by atoms with Crippen molar-refractivity contribution in [3.63, 3.8) is 0 Å². The van der Waals surface area contributed by atoms with E-state index in [0.29, 0.717) is 35.9 Å². The highest BCUT2D eigenvalue weighted by atomic mass is 16.5. The summed E-state index contributed by atoms with van der Waals surface area (Å²) in [7, 11) is 2.10. The number of rotatable bonds is 2. The number of carbonyl (C=O) groups excluding carboxylic acids is 1. The zero-order chi connectivity index (χ0) is 17.4. The Morgan fingerprint density at radius 3 is 2.92 bits per heavy atom. The predicted octanol–water partition coefficient (Wildman–Crippen LogP) is 1.59. The van der Waals surface area contributed by atoms with Crippen LogP contribution in [0.4, 0.5) is 0 Å². The Kier molecular flexibility index (Phi) is 4.27. The van der Waals surface area contributed by atoms with E-state index in [1.807, 2.05) is 29.2 Å². The molecule has 1 aromatic carbocycles. The highest BCUT2D eigenvalue weighted by Crippen LogP contribution is 2.27. The van der Waals surface area contributed by atoms with E-state index < -0.39 is 0 Å². The van der Waals surface area contributed by atoms with Gasteiger partial charge in [-0.05, 0) is 32.5 Å². The number of aromatic nitrogens is 2. The minimum absolute atomic E-state index is 0.00359. The monoisotopic (exact) mass is 342 g/mol. The number of nitrogens with zero attached hydrogens (tertiary/aromatic N) is 4. The molecule has 2 aliphatic rings. The second-order valence-corrected chi connectivity index (χ2v) is 6.69. The van der Waals surface area contributed by atoms with E-state index >= 15 is 0 Å². The molecule has 25 heavy (non-hydrogen) atoms. The topological polar surface area (TPSA) is 71.7 Å². The van der Waals surface area contributed by atoms with Crippen LogP contribution in [0.15, 0.2) is 28.8 Å². The van der Waals surface area contributed by atoms with Gasteiger partial charge in [-0.1, -0.05) is 17.3 Å². The van der Waals surface area contributed by atoms with Gasteiger partial charge in [0.25, 0.3) is 11.8 Å². The molecule has 0 spiro atoms. The Labute approximate surface area is 146 Å². The molecule has 2 aromatic rings. The van der Waals surface area contributed by atoms with Crippen molar-refractivity contribution in [3.05, 3.63) is 35.7 Å². The molecule has 132 valence electrons. The summed E-state index contributed by atoms with van der Waals surface area (Å²) in [4.78, 5) is 21.6. The fourth-order valence-electron chi connectivity index (χ4n) is 3.66. The van der Waals surface area contributed by atoms with Gasteiger partial charge in [-0.15, -0.1) is 0 Å². The number of likely N-dealkylation sites (tertiary alicyclic amines) is 1. The predicted molar refractivity (Wildman–Crippen MR) is 91.1 cm³/mol. The van der Waals surface area contributed by atoms with Crippen LogP contribution >= 0.6 is 0 Å². The van der Waals surface area contributed by atoms with Crippen molar-refractivity contribution < 1.29 is 14.1 Å². The summed E-state index contributed by atoms with van der Waals surface area (Å²) in [6.45, 7) is 4.81. The van der Waals surface area contributed by atoms with Crippen molar-refractivity contribution in [2.24, 2.45) is 0 Å².